The van der Waals surface area contributed by atoms with Crippen LogP contribution in [0.15, 0.2) is 85.3 Å². The van der Waals surface area contributed by atoms with Gasteiger partial charge in [0.25, 0.3) is 5.91 Å². The third-order valence-corrected chi connectivity index (χ3v) is 5.53. The molecule has 5 aromatic rings. The number of aromatic nitrogens is 4. The lowest BCUT2D eigenvalue weighted by Gasteiger charge is -2.06. The van der Waals surface area contributed by atoms with E-state index in [2.05, 4.69) is 10.3 Å². The summed E-state index contributed by atoms with van der Waals surface area (Å²) in [5.74, 6) is -0.671. The normalized spacial score (nSPS) is 11.0. The first-order chi connectivity index (χ1) is 18.6. The van der Waals surface area contributed by atoms with Gasteiger partial charge in [0, 0.05) is 30.3 Å². The van der Waals surface area contributed by atoms with Gasteiger partial charge in [-0.15, -0.1) is 0 Å². The third-order valence-electron chi connectivity index (χ3n) is 5.53. The number of rotatable bonds is 5. The Morgan fingerprint density at radius 2 is 1.77 bits per heavy atom. The number of aryl methyl sites for hydroxylation is 1. The Kier molecular flexibility index (Phi) is 7.65. The molecule has 9 nitrogen and oxygen atoms in total. The minimum absolute atomic E-state index is 0.200. The topological polar surface area (TPSA) is 111 Å². The van der Waals surface area contributed by atoms with Crippen molar-refractivity contribution in [2.24, 2.45) is 0 Å². The number of hydrogen-bond donors (Lipinski definition) is 2. The Morgan fingerprint density at radius 1 is 1.03 bits per heavy atom. The van der Waals surface area contributed by atoms with E-state index in [0.717, 1.165) is 28.5 Å². The molecule has 0 aliphatic rings. The highest BCUT2D eigenvalue weighted by atomic mass is 19.4. The molecule has 0 fully saturated rings. The molecular formula is C27H22F3N5O4. The first-order valence-corrected chi connectivity index (χ1v) is 11.4. The van der Waals surface area contributed by atoms with E-state index in [4.69, 9.17) is 19.6 Å². The highest BCUT2D eigenvalue weighted by Gasteiger charge is 2.38. The standard InChI is InChI=1S/C25H21N5O2.C2HF3O2/c1-17-27-21(16-30(17)24-11-3-5-12-26-24)23-15-20(22-10-4-6-13-29(22)23)25(31)28-18-8-7-9-19(14-18)32-2;3-2(4,5)1(6)7/h3-16H,1-2H3,(H,28,31);(H,6,7). The monoisotopic (exact) mass is 537 g/mol. The summed E-state index contributed by atoms with van der Waals surface area (Å²) in [6.07, 6.45) is 0.542. The molecule has 12 heteroatoms. The van der Waals surface area contributed by atoms with Crippen molar-refractivity contribution in [3.05, 3.63) is 96.7 Å². The largest absolute Gasteiger partial charge is 0.497 e. The number of methoxy groups -OCH3 is 1. The van der Waals surface area contributed by atoms with Gasteiger partial charge in [0.2, 0.25) is 0 Å². The van der Waals surface area contributed by atoms with Crippen molar-refractivity contribution in [1.82, 2.24) is 18.9 Å². The van der Waals surface area contributed by atoms with Crippen LogP contribution in [0.25, 0.3) is 22.7 Å². The zero-order valence-corrected chi connectivity index (χ0v) is 20.7. The molecule has 0 aliphatic heterocycles. The molecule has 200 valence electrons. The number of imidazole rings is 1. The summed E-state index contributed by atoms with van der Waals surface area (Å²) in [5.41, 5.74) is 3.62. The number of anilines is 1. The molecule has 2 N–H and O–H groups in total. The quantitative estimate of drug-likeness (QED) is 0.311. The van der Waals surface area contributed by atoms with Gasteiger partial charge in [0.1, 0.15) is 23.1 Å². The Labute approximate surface area is 220 Å². The molecule has 4 heterocycles. The fourth-order valence-electron chi connectivity index (χ4n) is 3.76. The zero-order valence-electron chi connectivity index (χ0n) is 20.7. The van der Waals surface area contributed by atoms with E-state index in [1.54, 1.807) is 19.4 Å². The SMILES string of the molecule is COc1cccc(NC(=O)c2cc(-c3cn(-c4ccccn4)c(C)n3)n3ccccc23)c1.O=C(O)C(F)(F)F. The maximum Gasteiger partial charge on any atom is 0.490 e. The number of aliphatic carboxylic acids is 1. The van der Waals surface area contributed by atoms with Crippen LogP contribution in [0.3, 0.4) is 0 Å². The molecule has 4 aromatic heterocycles. The molecule has 0 unspecified atom stereocenters. The van der Waals surface area contributed by atoms with Gasteiger partial charge < -0.3 is 19.6 Å². The van der Waals surface area contributed by atoms with Gasteiger partial charge in [0.05, 0.1) is 23.9 Å². The highest BCUT2D eigenvalue weighted by Crippen LogP contribution is 2.28. The summed E-state index contributed by atoms with van der Waals surface area (Å²) in [4.78, 5) is 31.2. The maximum absolute atomic E-state index is 13.2. The van der Waals surface area contributed by atoms with E-state index < -0.39 is 12.1 Å². The molecule has 0 saturated carbocycles. The number of carbonyl (C=O) groups excluding carboxylic acids is 1. The number of hydrogen-bond acceptors (Lipinski definition) is 5. The van der Waals surface area contributed by atoms with Gasteiger partial charge in [-0.1, -0.05) is 18.2 Å². The second kappa shape index (κ2) is 11.1. The Bertz CT molecular complexity index is 1630. The fourth-order valence-corrected chi connectivity index (χ4v) is 3.76. The number of carbonyl (C=O) groups is 2. The van der Waals surface area contributed by atoms with Gasteiger partial charge in [-0.3, -0.25) is 9.36 Å². The molecule has 0 radical (unpaired) electrons. The highest BCUT2D eigenvalue weighted by molar-refractivity contribution is 6.10. The molecular weight excluding hydrogens is 515 g/mol. The zero-order chi connectivity index (χ0) is 28.2. The average Bonchev–Trinajstić information content (AvgIpc) is 3.50. The summed E-state index contributed by atoms with van der Waals surface area (Å²) in [5, 5.41) is 10.1. The van der Waals surface area contributed by atoms with Crippen molar-refractivity contribution in [3.8, 4) is 23.0 Å². The van der Waals surface area contributed by atoms with Crippen LogP contribution >= 0.6 is 0 Å². The number of carboxylic acids is 1. The number of fused-ring (bicyclic) bond motifs is 1. The second-order valence-electron chi connectivity index (χ2n) is 8.12. The predicted molar refractivity (Wildman–Crippen MR) is 137 cm³/mol. The van der Waals surface area contributed by atoms with Crippen LogP contribution in [0.2, 0.25) is 0 Å². The summed E-state index contributed by atoms with van der Waals surface area (Å²) < 4.78 is 40.9. The van der Waals surface area contributed by atoms with E-state index in [1.807, 2.05) is 88.9 Å². The number of nitrogens with zero attached hydrogens (tertiary/aromatic N) is 4. The van der Waals surface area contributed by atoms with Gasteiger partial charge in [-0.05, 0) is 49.4 Å². The van der Waals surface area contributed by atoms with Crippen molar-refractivity contribution in [1.29, 1.82) is 0 Å². The van der Waals surface area contributed by atoms with Crippen molar-refractivity contribution in [3.63, 3.8) is 0 Å². The lowest BCUT2D eigenvalue weighted by molar-refractivity contribution is -0.192. The molecule has 0 atom stereocenters. The molecule has 1 amide bonds. The number of alkyl halides is 3. The molecule has 1 aromatic carbocycles. The van der Waals surface area contributed by atoms with Crippen LogP contribution in [0.4, 0.5) is 18.9 Å². The van der Waals surface area contributed by atoms with E-state index in [9.17, 15) is 18.0 Å². The van der Waals surface area contributed by atoms with Crippen molar-refractivity contribution < 1.29 is 32.6 Å². The Morgan fingerprint density at radius 3 is 2.44 bits per heavy atom. The molecule has 0 aliphatic carbocycles. The Balaban J connectivity index is 0.000000448. The first kappa shape index (κ1) is 26.9. The second-order valence-corrected chi connectivity index (χ2v) is 8.12. The number of halogens is 3. The van der Waals surface area contributed by atoms with Crippen LogP contribution in [-0.4, -0.2) is 49.2 Å². The fraction of sp³-hybridized carbons (Fsp3) is 0.111. The van der Waals surface area contributed by atoms with E-state index in [0.29, 0.717) is 17.0 Å². The van der Waals surface area contributed by atoms with Gasteiger partial charge in [-0.25, -0.2) is 14.8 Å². The number of benzene rings is 1. The molecule has 5 rings (SSSR count). The molecule has 0 saturated heterocycles. The van der Waals surface area contributed by atoms with Crippen molar-refractivity contribution >= 4 is 23.1 Å². The molecule has 39 heavy (non-hydrogen) atoms. The number of pyridine rings is 2. The molecule has 0 spiro atoms. The van der Waals surface area contributed by atoms with Gasteiger partial charge >= 0.3 is 12.1 Å². The lowest BCUT2D eigenvalue weighted by atomic mass is 10.2. The lowest BCUT2D eigenvalue weighted by Crippen LogP contribution is -2.21. The van der Waals surface area contributed by atoms with Gasteiger partial charge in [0.15, 0.2) is 0 Å². The minimum atomic E-state index is -5.08. The van der Waals surface area contributed by atoms with Crippen LogP contribution in [0.5, 0.6) is 5.75 Å². The van der Waals surface area contributed by atoms with Crippen LogP contribution < -0.4 is 10.1 Å². The summed E-state index contributed by atoms with van der Waals surface area (Å²) in [6, 6.07) is 20.7. The van der Waals surface area contributed by atoms with Crippen molar-refractivity contribution in [2.45, 2.75) is 13.1 Å². The minimum Gasteiger partial charge on any atom is -0.497 e. The van der Waals surface area contributed by atoms with Crippen LogP contribution in [0, 0.1) is 6.92 Å². The van der Waals surface area contributed by atoms with Crippen molar-refractivity contribution in [2.75, 3.05) is 12.4 Å². The molecule has 0 bridgehead atoms. The summed E-state index contributed by atoms with van der Waals surface area (Å²) in [7, 11) is 1.60. The number of amides is 1. The van der Waals surface area contributed by atoms with E-state index in [-0.39, 0.29) is 5.91 Å². The summed E-state index contributed by atoms with van der Waals surface area (Å²) >= 11 is 0. The first-order valence-electron chi connectivity index (χ1n) is 11.4. The third kappa shape index (κ3) is 6.06. The van der Waals surface area contributed by atoms with E-state index in [1.165, 1.54) is 0 Å². The van der Waals surface area contributed by atoms with Crippen LogP contribution in [0.1, 0.15) is 16.2 Å². The Hall–Kier alpha value is -5.13. The number of carboxylic acid groups (broad SMARTS) is 1. The maximum atomic E-state index is 13.2. The van der Waals surface area contributed by atoms with E-state index >= 15 is 0 Å². The number of ether oxygens (including phenoxy) is 1. The van der Waals surface area contributed by atoms with Gasteiger partial charge in [-0.2, -0.15) is 13.2 Å². The van der Waals surface area contributed by atoms with Crippen LogP contribution in [-0.2, 0) is 4.79 Å². The smallest absolute Gasteiger partial charge is 0.490 e. The average molecular weight is 537 g/mol. The number of nitrogens with one attached hydrogen (secondary N) is 1. The summed E-state index contributed by atoms with van der Waals surface area (Å²) in [6.45, 7) is 1.93. The predicted octanol–water partition coefficient (Wildman–Crippen LogP) is 5.39.